The molecule has 2 N–H and O–H groups in total. The van der Waals surface area contributed by atoms with Crippen LogP contribution in [-0.2, 0) is 0 Å². The lowest BCUT2D eigenvalue weighted by molar-refractivity contribution is 0.0684. The topological polar surface area (TPSA) is 32.5 Å². The number of fused-ring (bicyclic) bond motifs is 1. The molecule has 3 heterocycles. The molecule has 3 aliphatic heterocycles. The van der Waals surface area contributed by atoms with Gasteiger partial charge in [-0.15, -0.1) is 0 Å². The van der Waals surface area contributed by atoms with Gasteiger partial charge in [-0.3, -0.25) is 9.80 Å². The van der Waals surface area contributed by atoms with Gasteiger partial charge in [-0.25, -0.2) is 0 Å². The smallest absolute Gasteiger partial charge is 0.0498 e. The Bertz CT molecular complexity index is 260. The van der Waals surface area contributed by atoms with Crippen LogP contribution in [0.4, 0.5) is 0 Å². The van der Waals surface area contributed by atoms with E-state index in [4.69, 9.17) is 5.73 Å². The van der Waals surface area contributed by atoms with Gasteiger partial charge < -0.3 is 5.73 Å². The van der Waals surface area contributed by atoms with Crippen molar-refractivity contribution in [2.24, 2.45) is 5.73 Å². The van der Waals surface area contributed by atoms with Crippen LogP contribution in [0.1, 0.15) is 44.9 Å². The molecule has 0 aromatic carbocycles. The summed E-state index contributed by atoms with van der Waals surface area (Å²) in [4.78, 5) is 5.48. The molecule has 0 aromatic heterocycles. The van der Waals surface area contributed by atoms with Crippen molar-refractivity contribution < 1.29 is 0 Å². The molecule has 0 amide bonds. The van der Waals surface area contributed by atoms with E-state index in [1.54, 1.807) is 0 Å². The molecule has 17 heavy (non-hydrogen) atoms. The summed E-state index contributed by atoms with van der Waals surface area (Å²) in [6, 6.07) is 0.769. The highest BCUT2D eigenvalue weighted by atomic mass is 15.3. The molecule has 3 fully saturated rings. The molecule has 0 spiro atoms. The van der Waals surface area contributed by atoms with E-state index in [1.807, 2.05) is 0 Å². The molecule has 3 saturated heterocycles. The number of likely N-dealkylation sites (tertiary alicyclic amines) is 1. The molecular weight excluding hydrogens is 210 g/mol. The summed E-state index contributed by atoms with van der Waals surface area (Å²) in [5.41, 5.74) is 6.57. The Morgan fingerprint density at radius 1 is 0.941 bits per heavy atom. The van der Waals surface area contributed by atoms with E-state index in [1.165, 1.54) is 71.1 Å². The Hall–Kier alpha value is -0.120. The maximum absolute atomic E-state index is 6.24. The molecule has 2 unspecified atom stereocenters. The molecule has 0 saturated carbocycles. The van der Waals surface area contributed by atoms with Crippen LogP contribution in [-0.4, -0.2) is 54.1 Å². The summed E-state index contributed by atoms with van der Waals surface area (Å²) in [5, 5.41) is 0. The summed E-state index contributed by atoms with van der Waals surface area (Å²) in [6.07, 6.45) is 9.70. The number of rotatable bonds is 2. The van der Waals surface area contributed by atoms with Gasteiger partial charge in [0.1, 0.15) is 0 Å². The summed E-state index contributed by atoms with van der Waals surface area (Å²) in [6.45, 7) is 6.07. The fourth-order valence-corrected chi connectivity index (χ4v) is 4.46. The molecule has 3 rings (SSSR count). The van der Waals surface area contributed by atoms with E-state index in [0.29, 0.717) is 5.54 Å². The molecule has 0 radical (unpaired) electrons. The SMILES string of the molecule is NCC1(N2CCCCCC2)CCN2CCCC21. The molecular formula is C14H27N3. The Morgan fingerprint density at radius 2 is 1.71 bits per heavy atom. The van der Waals surface area contributed by atoms with Crippen molar-refractivity contribution in [3.63, 3.8) is 0 Å². The first-order valence-corrected chi connectivity index (χ1v) is 7.56. The Kier molecular flexibility index (Phi) is 3.42. The first-order chi connectivity index (χ1) is 8.37. The molecule has 3 aliphatic rings. The Balaban J connectivity index is 1.80. The monoisotopic (exact) mass is 237 g/mol. The molecule has 3 heteroatoms. The highest BCUT2D eigenvalue weighted by Gasteiger charge is 2.51. The second-order valence-electron chi connectivity index (χ2n) is 6.15. The van der Waals surface area contributed by atoms with Crippen LogP contribution < -0.4 is 5.73 Å². The lowest BCUT2D eigenvalue weighted by Crippen LogP contribution is -2.60. The highest BCUT2D eigenvalue weighted by molar-refractivity contribution is 5.09. The van der Waals surface area contributed by atoms with Crippen molar-refractivity contribution in [1.82, 2.24) is 9.80 Å². The van der Waals surface area contributed by atoms with Gasteiger partial charge in [0.05, 0.1) is 0 Å². The maximum Gasteiger partial charge on any atom is 0.0498 e. The zero-order valence-corrected chi connectivity index (χ0v) is 11.0. The zero-order valence-electron chi connectivity index (χ0n) is 11.0. The van der Waals surface area contributed by atoms with Crippen molar-refractivity contribution in [3.8, 4) is 0 Å². The normalized spacial score (nSPS) is 40.4. The van der Waals surface area contributed by atoms with Crippen LogP contribution >= 0.6 is 0 Å². The summed E-state index contributed by atoms with van der Waals surface area (Å²) >= 11 is 0. The molecule has 0 bridgehead atoms. The Labute approximate surface area is 105 Å². The van der Waals surface area contributed by atoms with Crippen LogP contribution in [0, 0.1) is 0 Å². The van der Waals surface area contributed by atoms with Gasteiger partial charge in [0.25, 0.3) is 0 Å². The minimum Gasteiger partial charge on any atom is -0.329 e. The largest absolute Gasteiger partial charge is 0.329 e. The van der Waals surface area contributed by atoms with Crippen LogP contribution in [0.2, 0.25) is 0 Å². The van der Waals surface area contributed by atoms with Crippen LogP contribution in [0.5, 0.6) is 0 Å². The second-order valence-corrected chi connectivity index (χ2v) is 6.15. The van der Waals surface area contributed by atoms with E-state index in [2.05, 4.69) is 9.80 Å². The molecule has 0 aliphatic carbocycles. The predicted octanol–water partition coefficient (Wildman–Crippen LogP) is 1.43. The maximum atomic E-state index is 6.24. The van der Waals surface area contributed by atoms with Gasteiger partial charge in [0.2, 0.25) is 0 Å². The third kappa shape index (κ3) is 1.92. The summed E-state index contributed by atoms with van der Waals surface area (Å²) in [7, 11) is 0. The molecule has 2 atom stereocenters. The van der Waals surface area contributed by atoms with Gasteiger partial charge in [-0.2, -0.15) is 0 Å². The van der Waals surface area contributed by atoms with Crippen molar-refractivity contribution >= 4 is 0 Å². The minimum absolute atomic E-state index is 0.334. The van der Waals surface area contributed by atoms with Crippen molar-refractivity contribution in [1.29, 1.82) is 0 Å². The van der Waals surface area contributed by atoms with Gasteiger partial charge in [-0.05, 0) is 51.7 Å². The van der Waals surface area contributed by atoms with Crippen LogP contribution in [0.25, 0.3) is 0 Å². The van der Waals surface area contributed by atoms with Crippen molar-refractivity contribution in [3.05, 3.63) is 0 Å². The molecule has 3 nitrogen and oxygen atoms in total. The summed E-state index contributed by atoms with van der Waals surface area (Å²) < 4.78 is 0. The number of hydrogen-bond donors (Lipinski definition) is 1. The summed E-state index contributed by atoms with van der Waals surface area (Å²) in [5.74, 6) is 0. The third-order valence-corrected chi connectivity index (χ3v) is 5.41. The first kappa shape index (κ1) is 11.9. The van der Waals surface area contributed by atoms with Gasteiger partial charge in [0, 0.05) is 24.7 Å². The van der Waals surface area contributed by atoms with E-state index in [0.717, 1.165) is 12.6 Å². The quantitative estimate of drug-likeness (QED) is 0.788. The van der Waals surface area contributed by atoms with Gasteiger partial charge in [-0.1, -0.05) is 12.8 Å². The zero-order chi connectivity index (χ0) is 11.7. The van der Waals surface area contributed by atoms with Crippen LogP contribution in [0.3, 0.4) is 0 Å². The standard InChI is InChI=1S/C14H27N3/c15-12-14(17-9-3-1-2-4-10-17)7-11-16-8-5-6-13(14)16/h13H,1-12,15H2. The lowest BCUT2D eigenvalue weighted by Gasteiger charge is -2.44. The number of nitrogens with zero attached hydrogens (tertiary/aromatic N) is 2. The average Bonchev–Trinajstić information content (AvgIpc) is 2.83. The first-order valence-electron chi connectivity index (χ1n) is 7.56. The van der Waals surface area contributed by atoms with Gasteiger partial charge in [0.15, 0.2) is 0 Å². The highest BCUT2D eigenvalue weighted by Crippen LogP contribution is 2.40. The van der Waals surface area contributed by atoms with Crippen molar-refractivity contribution in [2.45, 2.75) is 56.5 Å². The Morgan fingerprint density at radius 3 is 2.41 bits per heavy atom. The van der Waals surface area contributed by atoms with Crippen LogP contribution in [0.15, 0.2) is 0 Å². The number of hydrogen-bond acceptors (Lipinski definition) is 3. The van der Waals surface area contributed by atoms with E-state index < -0.39 is 0 Å². The minimum atomic E-state index is 0.334. The predicted molar refractivity (Wildman–Crippen MR) is 71.0 cm³/mol. The molecule has 98 valence electrons. The second kappa shape index (κ2) is 4.87. The fourth-order valence-electron chi connectivity index (χ4n) is 4.46. The third-order valence-electron chi connectivity index (χ3n) is 5.41. The number of nitrogens with two attached hydrogens (primary N) is 1. The average molecular weight is 237 g/mol. The van der Waals surface area contributed by atoms with E-state index in [-0.39, 0.29) is 0 Å². The van der Waals surface area contributed by atoms with E-state index in [9.17, 15) is 0 Å². The van der Waals surface area contributed by atoms with E-state index >= 15 is 0 Å². The molecule has 0 aromatic rings. The fraction of sp³-hybridized carbons (Fsp3) is 1.00. The van der Waals surface area contributed by atoms with Crippen molar-refractivity contribution in [2.75, 3.05) is 32.7 Å². The lowest BCUT2D eigenvalue weighted by atomic mass is 9.86. The van der Waals surface area contributed by atoms with Gasteiger partial charge >= 0.3 is 0 Å².